The van der Waals surface area contributed by atoms with Crippen molar-refractivity contribution in [3.05, 3.63) is 70.1 Å². The number of fused-ring (bicyclic) bond motifs is 1. The minimum Gasteiger partial charge on any atom is -0.336 e. The zero-order valence-corrected chi connectivity index (χ0v) is 17.8. The molecule has 1 saturated heterocycles. The highest BCUT2D eigenvalue weighted by atomic mass is 32.1. The number of hydrogen-bond acceptors (Lipinski definition) is 4. The standard InChI is InChI=1S/C24H26N2O2S/c1-17-8-9-22-21(14-17)18(2)23(29-22)15-20(27)16-25-10-12-26(13-11-25)24(28)19-6-4-3-5-7-19/h3-9,14H,10-13,15-16H2,1-2H3. The van der Waals surface area contributed by atoms with Crippen LogP contribution in [0.15, 0.2) is 48.5 Å². The summed E-state index contributed by atoms with van der Waals surface area (Å²) in [6.45, 7) is 7.51. The molecule has 1 aliphatic rings. The van der Waals surface area contributed by atoms with Gasteiger partial charge < -0.3 is 4.90 Å². The van der Waals surface area contributed by atoms with Gasteiger partial charge in [0.05, 0.1) is 6.54 Å². The van der Waals surface area contributed by atoms with E-state index in [1.165, 1.54) is 26.1 Å². The molecule has 0 unspecified atom stereocenters. The largest absolute Gasteiger partial charge is 0.336 e. The summed E-state index contributed by atoms with van der Waals surface area (Å²) >= 11 is 1.73. The fourth-order valence-corrected chi connectivity index (χ4v) is 5.13. The monoisotopic (exact) mass is 406 g/mol. The zero-order chi connectivity index (χ0) is 20.4. The highest BCUT2D eigenvalue weighted by Gasteiger charge is 2.23. The van der Waals surface area contributed by atoms with Crippen molar-refractivity contribution in [1.29, 1.82) is 0 Å². The summed E-state index contributed by atoms with van der Waals surface area (Å²) in [6.07, 6.45) is 0.493. The third-order valence-electron chi connectivity index (χ3n) is 5.63. The number of thiophene rings is 1. The molecule has 1 fully saturated rings. The van der Waals surface area contributed by atoms with Crippen molar-refractivity contribution in [3.63, 3.8) is 0 Å². The molecule has 0 saturated carbocycles. The van der Waals surface area contributed by atoms with E-state index < -0.39 is 0 Å². The van der Waals surface area contributed by atoms with Crippen LogP contribution in [0, 0.1) is 13.8 Å². The second-order valence-corrected chi connectivity index (χ2v) is 8.94. The first-order valence-electron chi connectivity index (χ1n) is 10.1. The molecule has 5 heteroatoms. The van der Waals surface area contributed by atoms with Crippen molar-refractivity contribution < 1.29 is 9.59 Å². The minimum absolute atomic E-state index is 0.0766. The van der Waals surface area contributed by atoms with E-state index in [1.807, 2.05) is 35.2 Å². The Kier molecular flexibility index (Phi) is 5.79. The SMILES string of the molecule is Cc1ccc2sc(CC(=O)CN3CCN(C(=O)c4ccccc4)CC3)c(C)c2c1. The summed E-state index contributed by atoms with van der Waals surface area (Å²) in [5.74, 6) is 0.326. The number of amides is 1. The molecule has 150 valence electrons. The van der Waals surface area contributed by atoms with Gasteiger partial charge in [-0.2, -0.15) is 0 Å². The molecule has 0 atom stereocenters. The maximum Gasteiger partial charge on any atom is 0.253 e. The van der Waals surface area contributed by atoms with Gasteiger partial charge in [-0.05, 0) is 43.0 Å². The number of benzene rings is 2. The molecule has 1 amide bonds. The number of piperazine rings is 1. The quantitative estimate of drug-likeness (QED) is 0.641. The highest BCUT2D eigenvalue weighted by Crippen LogP contribution is 2.32. The van der Waals surface area contributed by atoms with Crippen LogP contribution < -0.4 is 0 Å². The summed E-state index contributed by atoms with van der Waals surface area (Å²) in [5, 5.41) is 1.27. The molecular formula is C24H26N2O2S. The van der Waals surface area contributed by atoms with E-state index in [1.54, 1.807) is 11.3 Å². The van der Waals surface area contributed by atoms with Crippen LogP contribution in [0.3, 0.4) is 0 Å². The van der Waals surface area contributed by atoms with Crippen LogP contribution in [-0.4, -0.2) is 54.2 Å². The second-order valence-electron chi connectivity index (χ2n) is 7.80. The van der Waals surface area contributed by atoms with E-state index in [9.17, 15) is 9.59 Å². The fraction of sp³-hybridized carbons (Fsp3) is 0.333. The van der Waals surface area contributed by atoms with Crippen LogP contribution in [0.2, 0.25) is 0 Å². The number of carbonyl (C=O) groups excluding carboxylic acids is 2. The van der Waals surface area contributed by atoms with Crippen LogP contribution in [0.4, 0.5) is 0 Å². The van der Waals surface area contributed by atoms with Crippen molar-refractivity contribution in [2.24, 2.45) is 0 Å². The van der Waals surface area contributed by atoms with Crippen LogP contribution in [-0.2, 0) is 11.2 Å². The molecule has 0 N–H and O–H groups in total. The van der Waals surface area contributed by atoms with E-state index in [4.69, 9.17) is 0 Å². The first kappa shape index (κ1) is 19.8. The lowest BCUT2D eigenvalue weighted by Gasteiger charge is -2.34. The van der Waals surface area contributed by atoms with Crippen molar-refractivity contribution >= 4 is 33.1 Å². The first-order valence-corrected chi connectivity index (χ1v) is 10.9. The lowest BCUT2D eigenvalue weighted by Crippen LogP contribution is -2.50. The van der Waals surface area contributed by atoms with Crippen molar-refractivity contribution in [2.45, 2.75) is 20.3 Å². The molecule has 0 radical (unpaired) electrons. The average molecular weight is 407 g/mol. The Labute approximate surface area is 175 Å². The number of nitrogens with zero attached hydrogens (tertiary/aromatic N) is 2. The molecule has 1 aliphatic heterocycles. The van der Waals surface area contributed by atoms with E-state index in [0.29, 0.717) is 26.1 Å². The number of Topliss-reactive ketones (excluding diaryl/α,β-unsaturated/α-hetero) is 1. The zero-order valence-electron chi connectivity index (χ0n) is 17.0. The predicted octanol–water partition coefficient (Wildman–Crippen LogP) is 4.09. The molecule has 3 aromatic rings. The molecular weight excluding hydrogens is 380 g/mol. The van der Waals surface area contributed by atoms with Crippen molar-refractivity contribution in [3.8, 4) is 0 Å². The molecule has 29 heavy (non-hydrogen) atoms. The number of ketones is 1. The van der Waals surface area contributed by atoms with Gasteiger partial charge in [-0.15, -0.1) is 11.3 Å². The second kappa shape index (κ2) is 8.47. The average Bonchev–Trinajstić information content (AvgIpc) is 3.03. The lowest BCUT2D eigenvalue weighted by molar-refractivity contribution is -0.119. The molecule has 0 bridgehead atoms. The molecule has 4 rings (SSSR count). The van der Waals surface area contributed by atoms with Gasteiger partial charge >= 0.3 is 0 Å². The maximum atomic E-state index is 12.7. The third-order valence-corrected chi connectivity index (χ3v) is 6.90. The molecule has 0 aliphatic carbocycles. The Hall–Kier alpha value is -2.50. The van der Waals surface area contributed by atoms with Gasteiger partial charge in [0.1, 0.15) is 0 Å². The molecule has 0 spiro atoms. The van der Waals surface area contributed by atoms with Crippen molar-refractivity contribution in [2.75, 3.05) is 32.7 Å². The summed E-state index contributed by atoms with van der Waals surface area (Å²) in [6, 6.07) is 15.9. The van der Waals surface area contributed by atoms with Gasteiger partial charge in [0.15, 0.2) is 5.78 Å². The molecule has 4 nitrogen and oxygen atoms in total. The van der Waals surface area contributed by atoms with E-state index >= 15 is 0 Å². The van der Waals surface area contributed by atoms with Gasteiger partial charge in [0.2, 0.25) is 0 Å². The first-order chi connectivity index (χ1) is 14.0. The molecule has 1 aromatic heterocycles. The molecule has 2 aromatic carbocycles. The Morgan fingerprint density at radius 3 is 2.41 bits per heavy atom. The number of rotatable bonds is 5. The lowest BCUT2D eigenvalue weighted by atomic mass is 10.1. The summed E-state index contributed by atoms with van der Waals surface area (Å²) < 4.78 is 1.25. The normalized spacial score (nSPS) is 15.0. The maximum absolute atomic E-state index is 12.7. The van der Waals surface area contributed by atoms with Crippen LogP contribution >= 0.6 is 11.3 Å². The summed E-state index contributed by atoms with van der Waals surface area (Å²) in [5.41, 5.74) is 3.21. The number of aryl methyl sites for hydroxylation is 2. The van der Waals surface area contributed by atoms with Crippen molar-refractivity contribution in [1.82, 2.24) is 9.80 Å². The van der Waals surface area contributed by atoms with Crippen LogP contribution in [0.25, 0.3) is 10.1 Å². The fourth-order valence-electron chi connectivity index (χ4n) is 3.91. The van der Waals surface area contributed by atoms with Gasteiger partial charge in [-0.3, -0.25) is 14.5 Å². The van der Waals surface area contributed by atoms with E-state index in [0.717, 1.165) is 18.7 Å². The summed E-state index contributed by atoms with van der Waals surface area (Å²) in [7, 11) is 0. The Bertz CT molecular complexity index is 1030. The smallest absolute Gasteiger partial charge is 0.253 e. The Morgan fingerprint density at radius 2 is 1.69 bits per heavy atom. The highest BCUT2D eigenvalue weighted by molar-refractivity contribution is 7.19. The number of carbonyl (C=O) groups is 2. The third kappa shape index (κ3) is 4.41. The van der Waals surface area contributed by atoms with Crippen LogP contribution in [0.1, 0.15) is 26.4 Å². The van der Waals surface area contributed by atoms with Gasteiger partial charge in [-0.25, -0.2) is 0 Å². The Morgan fingerprint density at radius 1 is 0.966 bits per heavy atom. The number of hydrogen-bond donors (Lipinski definition) is 0. The van der Waals surface area contributed by atoms with E-state index in [-0.39, 0.29) is 11.7 Å². The minimum atomic E-state index is 0.0766. The van der Waals surface area contributed by atoms with Gasteiger partial charge in [-0.1, -0.05) is 35.9 Å². The summed E-state index contributed by atoms with van der Waals surface area (Å²) in [4.78, 5) is 30.5. The molecule has 2 heterocycles. The van der Waals surface area contributed by atoms with Gasteiger partial charge in [0.25, 0.3) is 5.91 Å². The Balaban J connectivity index is 1.32. The topological polar surface area (TPSA) is 40.6 Å². The van der Waals surface area contributed by atoms with Crippen LogP contribution in [0.5, 0.6) is 0 Å². The van der Waals surface area contributed by atoms with Gasteiger partial charge in [0, 0.05) is 47.7 Å². The predicted molar refractivity (Wildman–Crippen MR) is 119 cm³/mol. The van der Waals surface area contributed by atoms with E-state index in [2.05, 4.69) is 36.9 Å².